The molecule has 2 aromatic carbocycles. The topological polar surface area (TPSA) is 54.3 Å². The van der Waals surface area contributed by atoms with Crippen molar-refractivity contribution >= 4 is 12.0 Å². The first-order valence-electron chi connectivity index (χ1n) is 9.92. The quantitative estimate of drug-likeness (QED) is 0.435. The van der Waals surface area contributed by atoms with Crippen LogP contribution >= 0.6 is 0 Å². The average molecular weight is 438 g/mol. The summed E-state index contributed by atoms with van der Waals surface area (Å²) in [6.07, 6.45) is -4.05. The molecule has 2 aromatic rings. The average Bonchev–Trinajstić information content (AvgIpc) is 2.75. The van der Waals surface area contributed by atoms with Crippen LogP contribution in [0.15, 0.2) is 47.5 Å². The molecule has 0 saturated heterocycles. The lowest BCUT2D eigenvalue weighted by molar-refractivity contribution is -0.285. The monoisotopic (exact) mass is 438 g/mol. The predicted molar refractivity (Wildman–Crippen MR) is 115 cm³/mol. The number of nitrogens with zero attached hydrogens (tertiary/aromatic N) is 2. The Hall–Kier alpha value is -2.58. The third kappa shape index (κ3) is 5.77. The molecule has 0 aliphatic carbocycles. The van der Waals surface area contributed by atoms with Crippen molar-refractivity contribution in [3.05, 3.63) is 59.2 Å². The lowest BCUT2D eigenvalue weighted by atomic mass is 9.91. The van der Waals surface area contributed by atoms with Gasteiger partial charge in [0.15, 0.2) is 0 Å². The van der Waals surface area contributed by atoms with Crippen molar-refractivity contribution in [2.45, 2.75) is 38.7 Å². The van der Waals surface area contributed by atoms with Crippen molar-refractivity contribution in [1.82, 2.24) is 4.90 Å². The van der Waals surface area contributed by atoms with Gasteiger partial charge in [0.25, 0.3) is 0 Å². The first-order chi connectivity index (χ1) is 14.5. The molecule has 0 spiro atoms. The van der Waals surface area contributed by atoms with Crippen molar-refractivity contribution in [3.8, 4) is 5.75 Å². The van der Waals surface area contributed by atoms with Gasteiger partial charge >= 0.3 is 6.18 Å². The number of benzene rings is 2. The summed E-state index contributed by atoms with van der Waals surface area (Å²) in [6.45, 7) is 4.96. The number of aliphatic hydroxyl groups is 1. The van der Waals surface area contributed by atoms with Gasteiger partial charge < -0.3 is 19.5 Å². The van der Waals surface area contributed by atoms with Crippen LogP contribution in [0.4, 0.5) is 18.9 Å². The molecule has 0 aliphatic rings. The van der Waals surface area contributed by atoms with E-state index in [0.29, 0.717) is 16.8 Å². The van der Waals surface area contributed by atoms with Gasteiger partial charge in [0.1, 0.15) is 5.75 Å². The fourth-order valence-electron chi connectivity index (χ4n) is 2.93. The summed E-state index contributed by atoms with van der Waals surface area (Å²) in [5.41, 5.74) is -2.04. The van der Waals surface area contributed by atoms with Crippen LogP contribution in [0, 0.1) is 6.92 Å². The van der Waals surface area contributed by atoms with Gasteiger partial charge in [-0.2, -0.15) is 13.2 Å². The molecule has 0 radical (unpaired) electrons. The van der Waals surface area contributed by atoms with Gasteiger partial charge in [0.2, 0.25) is 5.60 Å². The van der Waals surface area contributed by atoms with Crippen molar-refractivity contribution in [3.63, 3.8) is 0 Å². The molecule has 0 saturated carbocycles. The molecule has 170 valence electrons. The van der Waals surface area contributed by atoms with E-state index in [1.807, 2.05) is 18.9 Å². The molecule has 0 bridgehead atoms. The van der Waals surface area contributed by atoms with Gasteiger partial charge in [0.05, 0.1) is 31.8 Å². The zero-order valence-corrected chi connectivity index (χ0v) is 18.4. The second-order valence-electron chi connectivity index (χ2n) is 7.38. The minimum atomic E-state index is -4.99. The van der Waals surface area contributed by atoms with E-state index >= 15 is 0 Å². The minimum absolute atomic E-state index is 0.118. The fraction of sp³-hybridized carbons (Fsp3) is 0.435. The number of aliphatic imine (C=N–C) groups is 1. The van der Waals surface area contributed by atoms with Crippen LogP contribution in [0.5, 0.6) is 5.75 Å². The number of hydrogen-bond acceptors (Lipinski definition) is 4. The van der Waals surface area contributed by atoms with E-state index in [-0.39, 0.29) is 5.75 Å². The van der Waals surface area contributed by atoms with Gasteiger partial charge in [-0.05, 0) is 38.0 Å². The normalized spacial score (nSPS) is 15.0. The molecular weight excluding hydrogens is 409 g/mol. The Bertz CT molecular complexity index is 888. The van der Waals surface area contributed by atoms with Crippen LogP contribution in [-0.4, -0.2) is 49.8 Å². The Labute approximate surface area is 181 Å². The highest BCUT2D eigenvalue weighted by Crippen LogP contribution is 2.45. The Morgan fingerprint density at radius 3 is 2.39 bits per heavy atom. The molecule has 2 unspecified atom stereocenters. The van der Waals surface area contributed by atoms with E-state index in [1.54, 1.807) is 50.5 Å². The lowest BCUT2D eigenvalue weighted by Gasteiger charge is -2.33. The summed E-state index contributed by atoms with van der Waals surface area (Å²) in [5.74, 6) is -0.118. The highest BCUT2D eigenvalue weighted by atomic mass is 19.4. The van der Waals surface area contributed by atoms with Gasteiger partial charge in [-0.15, -0.1) is 0 Å². The zero-order valence-electron chi connectivity index (χ0n) is 18.4. The Balaban J connectivity index is 2.42. The third-order valence-electron chi connectivity index (χ3n) is 5.14. The van der Waals surface area contributed by atoms with Crippen molar-refractivity contribution in [1.29, 1.82) is 0 Å². The van der Waals surface area contributed by atoms with E-state index in [2.05, 4.69) is 4.99 Å². The fourth-order valence-corrected chi connectivity index (χ4v) is 2.93. The molecule has 0 aliphatic heterocycles. The van der Waals surface area contributed by atoms with Crippen LogP contribution in [0.3, 0.4) is 0 Å². The Kier molecular flexibility index (Phi) is 8.08. The largest absolute Gasteiger partial charge is 0.496 e. The van der Waals surface area contributed by atoms with Gasteiger partial charge in [-0.1, -0.05) is 30.3 Å². The van der Waals surface area contributed by atoms with E-state index < -0.39 is 30.1 Å². The molecule has 2 rings (SSSR count). The summed E-state index contributed by atoms with van der Waals surface area (Å²) in [6, 6.07) is 11.5. The van der Waals surface area contributed by atoms with E-state index in [9.17, 15) is 18.3 Å². The summed E-state index contributed by atoms with van der Waals surface area (Å²) < 4.78 is 52.9. The molecule has 5 nitrogen and oxygen atoms in total. The van der Waals surface area contributed by atoms with Crippen LogP contribution in [0.2, 0.25) is 0 Å². The first kappa shape index (κ1) is 24.7. The summed E-state index contributed by atoms with van der Waals surface area (Å²) in [4.78, 5) is 6.14. The van der Waals surface area contributed by atoms with Crippen LogP contribution in [0.25, 0.3) is 0 Å². The summed E-state index contributed by atoms with van der Waals surface area (Å²) in [5, 5.41) is 10.8. The molecule has 0 aromatic heterocycles. The van der Waals surface area contributed by atoms with Crippen LogP contribution in [0.1, 0.15) is 36.6 Å². The summed E-state index contributed by atoms with van der Waals surface area (Å²) >= 11 is 0. The number of hydrogen-bond donors (Lipinski definition) is 1. The lowest BCUT2D eigenvalue weighted by Crippen LogP contribution is -2.46. The number of ether oxygens (including phenoxy) is 2. The predicted octanol–water partition coefficient (Wildman–Crippen LogP) is 5.14. The maximum Gasteiger partial charge on any atom is 0.423 e. The smallest absolute Gasteiger partial charge is 0.423 e. The number of aryl methyl sites for hydroxylation is 1. The SMILES string of the molecule is CCN(C)C=Nc1cc(OC)c(C(O)(COC(C)c2ccccc2)C(F)(F)F)cc1C. The Morgan fingerprint density at radius 1 is 1.19 bits per heavy atom. The van der Waals surface area contributed by atoms with E-state index in [4.69, 9.17) is 9.47 Å². The number of alkyl halides is 3. The summed E-state index contributed by atoms with van der Waals surface area (Å²) in [7, 11) is 3.09. The van der Waals surface area contributed by atoms with Crippen LogP contribution < -0.4 is 4.74 Å². The second-order valence-corrected chi connectivity index (χ2v) is 7.38. The van der Waals surface area contributed by atoms with E-state index in [0.717, 1.165) is 6.54 Å². The Morgan fingerprint density at radius 2 is 1.84 bits per heavy atom. The third-order valence-corrected chi connectivity index (χ3v) is 5.14. The number of rotatable bonds is 9. The molecule has 1 N–H and O–H groups in total. The molecular formula is C23H29F3N2O3. The highest BCUT2D eigenvalue weighted by molar-refractivity contribution is 5.65. The van der Waals surface area contributed by atoms with Crippen LogP contribution in [-0.2, 0) is 10.3 Å². The van der Waals surface area contributed by atoms with E-state index in [1.165, 1.54) is 19.2 Å². The second kappa shape index (κ2) is 10.2. The molecule has 0 fully saturated rings. The molecule has 8 heteroatoms. The molecule has 2 atom stereocenters. The van der Waals surface area contributed by atoms with Crippen molar-refractivity contribution in [2.75, 3.05) is 27.3 Å². The van der Waals surface area contributed by atoms with Gasteiger partial charge in [-0.25, -0.2) is 4.99 Å². The standard InChI is InChI=1S/C23H29F3N2O3/c1-6-28(4)15-27-20-13-21(30-5)19(12-16(20)2)22(29,23(24,25)26)14-31-17(3)18-10-8-7-9-11-18/h7-13,15,17,29H,6,14H2,1-5H3. The maximum absolute atomic E-state index is 14.1. The van der Waals surface area contributed by atoms with Gasteiger partial charge in [-0.3, -0.25) is 0 Å². The maximum atomic E-state index is 14.1. The van der Waals surface area contributed by atoms with Crippen molar-refractivity contribution < 1.29 is 27.8 Å². The highest BCUT2D eigenvalue weighted by Gasteiger charge is 2.57. The molecule has 0 amide bonds. The number of halogens is 3. The molecule has 31 heavy (non-hydrogen) atoms. The number of methoxy groups -OCH3 is 1. The minimum Gasteiger partial charge on any atom is -0.496 e. The molecule has 0 heterocycles. The first-order valence-corrected chi connectivity index (χ1v) is 9.92. The van der Waals surface area contributed by atoms with Gasteiger partial charge in [0, 0.05) is 25.2 Å². The zero-order chi connectivity index (χ0) is 23.2. The van der Waals surface area contributed by atoms with Crippen molar-refractivity contribution in [2.24, 2.45) is 4.99 Å².